The van der Waals surface area contributed by atoms with Crippen molar-refractivity contribution in [2.45, 2.75) is 12.5 Å². The first kappa shape index (κ1) is 13.6. The Morgan fingerprint density at radius 1 is 1.05 bits per heavy atom. The van der Waals surface area contributed by atoms with Crippen LogP contribution in [0.25, 0.3) is 22.0 Å². The lowest BCUT2D eigenvalue weighted by Gasteiger charge is -2.14. The highest BCUT2D eigenvalue weighted by Gasteiger charge is 2.13. The number of nitrogens with zero attached hydrogens (tertiary/aromatic N) is 3. The maximum atomic E-state index is 6.24. The first-order valence-corrected chi connectivity index (χ1v) is 6.90. The van der Waals surface area contributed by atoms with E-state index in [1.807, 2.05) is 30.5 Å². The fraction of sp³-hybridized carbons (Fsp3) is 0.188. The summed E-state index contributed by atoms with van der Waals surface area (Å²) in [6, 6.07) is 7.66. The van der Waals surface area contributed by atoms with Crippen molar-refractivity contribution in [1.29, 1.82) is 0 Å². The highest BCUT2D eigenvalue weighted by molar-refractivity contribution is 5.87. The highest BCUT2D eigenvalue weighted by atomic mass is 14.8. The summed E-state index contributed by atoms with van der Waals surface area (Å²) in [5.41, 5.74) is 14.6. The van der Waals surface area contributed by atoms with Crippen LogP contribution in [0.3, 0.4) is 0 Å². The average molecular weight is 279 g/mol. The van der Waals surface area contributed by atoms with E-state index in [0.29, 0.717) is 13.0 Å². The summed E-state index contributed by atoms with van der Waals surface area (Å²) in [6.07, 6.45) is 7.80. The van der Waals surface area contributed by atoms with Crippen LogP contribution in [0.2, 0.25) is 0 Å². The van der Waals surface area contributed by atoms with Crippen molar-refractivity contribution in [2.75, 3.05) is 6.54 Å². The van der Waals surface area contributed by atoms with Gasteiger partial charge in [-0.05, 0) is 37.2 Å². The quantitative estimate of drug-likeness (QED) is 0.762. The molecular weight excluding hydrogens is 262 g/mol. The summed E-state index contributed by atoms with van der Waals surface area (Å²) in [7, 11) is 0. The second kappa shape index (κ2) is 5.95. The van der Waals surface area contributed by atoms with Crippen LogP contribution in [-0.2, 0) is 0 Å². The third kappa shape index (κ3) is 2.74. The molecule has 0 saturated carbocycles. The first-order valence-electron chi connectivity index (χ1n) is 6.90. The molecule has 5 nitrogen and oxygen atoms in total. The summed E-state index contributed by atoms with van der Waals surface area (Å²) >= 11 is 0. The summed E-state index contributed by atoms with van der Waals surface area (Å²) < 4.78 is 0. The molecule has 3 aromatic heterocycles. The minimum Gasteiger partial charge on any atom is -0.330 e. The molecule has 0 saturated heterocycles. The van der Waals surface area contributed by atoms with Gasteiger partial charge in [-0.1, -0.05) is 0 Å². The number of aromatic nitrogens is 3. The molecule has 4 N–H and O–H groups in total. The second-order valence-corrected chi connectivity index (χ2v) is 4.91. The summed E-state index contributed by atoms with van der Waals surface area (Å²) in [5.74, 6) is 0. The molecule has 3 heterocycles. The summed E-state index contributed by atoms with van der Waals surface area (Å²) in [6.45, 7) is 0.537. The van der Waals surface area contributed by atoms with E-state index in [4.69, 9.17) is 16.5 Å². The van der Waals surface area contributed by atoms with Crippen LogP contribution in [0.4, 0.5) is 0 Å². The van der Waals surface area contributed by atoms with Gasteiger partial charge in [0.05, 0.1) is 11.4 Å². The maximum Gasteiger partial charge on any atom is 0.0714 e. The van der Waals surface area contributed by atoms with E-state index in [1.165, 1.54) is 0 Å². The Morgan fingerprint density at radius 3 is 2.57 bits per heavy atom. The van der Waals surface area contributed by atoms with Gasteiger partial charge in [-0.15, -0.1) is 0 Å². The smallest absolute Gasteiger partial charge is 0.0714 e. The molecule has 1 unspecified atom stereocenters. The molecule has 0 aliphatic rings. The summed E-state index contributed by atoms with van der Waals surface area (Å²) in [4.78, 5) is 13.0. The van der Waals surface area contributed by atoms with E-state index in [2.05, 4.69) is 9.97 Å². The van der Waals surface area contributed by atoms with Crippen molar-refractivity contribution in [2.24, 2.45) is 11.5 Å². The number of pyridine rings is 3. The molecule has 0 aliphatic heterocycles. The number of fused-ring (bicyclic) bond motifs is 1. The van der Waals surface area contributed by atoms with Gasteiger partial charge >= 0.3 is 0 Å². The normalized spacial score (nSPS) is 12.5. The van der Waals surface area contributed by atoms with E-state index in [0.717, 1.165) is 27.7 Å². The fourth-order valence-corrected chi connectivity index (χ4v) is 2.39. The van der Waals surface area contributed by atoms with Crippen LogP contribution < -0.4 is 11.5 Å². The van der Waals surface area contributed by atoms with Gasteiger partial charge in [0.1, 0.15) is 0 Å². The van der Waals surface area contributed by atoms with Crippen molar-refractivity contribution in [1.82, 2.24) is 15.0 Å². The third-order valence-electron chi connectivity index (χ3n) is 3.47. The topological polar surface area (TPSA) is 90.7 Å². The zero-order valence-electron chi connectivity index (χ0n) is 11.6. The van der Waals surface area contributed by atoms with E-state index in [1.54, 1.807) is 18.6 Å². The number of hydrogen-bond donors (Lipinski definition) is 2. The molecule has 5 heteroatoms. The fourth-order valence-electron chi connectivity index (χ4n) is 2.39. The molecular formula is C16H17N5. The number of nitrogens with two attached hydrogens (primary N) is 2. The predicted molar refractivity (Wildman–Crippen MR) is 83.4 cm³/mol. The molecule has 0 bridgehead atoms. The van der Waals surface area contributed by atoms with Crippen LogP contribution in [-0.4, -0.2) is 21.5 Å². The molecule has 3 aromatic rings. The molecule has 3 rings (SSSR count). The van der Waals surface area contributed by atoms with Gasteiger partial charge < -0.3 is 11.5 Å². The summed E-state index contributed by atoms with van der Waals surface area (Å²) in [5, 5.41) is 2.06. The molecule has 0 aromatic carbocycles. The highest BCUT2D eigenvalue weighted by Crippen LogP contribution is 2.27. The van der Waals surface area contributed by atoms with Crippen LogP contribution >= 0.6 is 0 Å². The monoisotopic (exact) mass is 279 g/mol. The lowest BCUT2D eigenvalue weighted by Crippen LogP contribution is -2.17. The zero-order chi connectivity index (χ0) is 14.7. The van der Waals surface area contributed by atoms with Crippen molar-refractivity contribution < 1.29 is 0 Å². The van der Waals surface area contributed by atoms with Crippen LogP contribution in [0, 0.1) is 0 Å². The van der Waals surface area contributed by atoms with Crippen LogP contribution in [0.5, 0.6) is 0 Å². The van der Waals surface area contributed by atoms with Crippen molar-refractivity contribution >= 4 is 10.8 Å². The van der Waals surface area contributed by atoms with E-state index < -0.39 is 0 Å². The van der Waals surface area contributed by atoms with E-state index in [-0.39, 0.29) is 6.04 Å². The van der Waals surface area contributed by atoms with Gasteiger partial charge in [0, 0.05) is 47.2 Å². The Balaban J connectivity index is 2.19. The Labute approximate surface area is 123 Å². The molecule has 0 radical (unpaired) electrons. The lowest BCUT2D eigenvalue weighted by molar-refractivity contribution is 0.649. The minimum atomic E-state index is -0.179. The van der Waals surface area contributed by atoms with Gasteiger partial charge in [0.2, 0.25) is 0 Å². The molecule has 106 valence electrons. The second-order valence-electron chi connectivity index (χ2n) is 4.91. The third-order valence-corrected chi connectivity index (χ3v) is 3.47. The Morgan fingerprint density at radius 2 is 1.81 bits per heavy atom. The van der Waals surface area contributed by atoms with Gasteiger partial charge in [-0.25, -0.2) is 0 Å². The number of rotatable bonds is 4. The molecule has 21 heavy (non-hydrogen) atoms. The molecule has 0 spiro atoms. The van der Waals surface area contributed by atoms with Crippen LogP contribution in [0.15, 0.2) is 49.1 Å². The predicted octanol–water partition coefficient (Wildman–Crippen LogP) is 2.04. The van der Waals surface area contributed by atoms with E-state index >= 15 is 0 Å². The van der Waals surface area contributed by atoms with Gasteiger partial charge in [-0.2, -0.15) is 0 Å². The van der Waals surface area contributed by atoms with Crippen molar-refractivity contribution in [3.05, 3.63) is 54.7 Å². The molecule has 0 fully saturated rings. The Bertz CT molecular complexity index is 742. The van der Waals surface area contributed by atoms with Crippen molar-refractivity contribution in [3.63, 3.8) is 0 Å². The number of hydrogen-bond acceptors (Lipinski definition) is 5. The molecule has 0 aliphatic carbocycles. The van der Waals surface area contributed by atoms with Gasteiger partial charge in [0.25, 0.3) is 0 Å². The minimum absolute atomic E-state index is 0.179. The molecule has 1 atom stereocenters. The molecule has 0 amide bonds. The largest absolute Gasteiger partial charge is 0.330 e. The van der Waals surface area contributed by atoms with Crippen molar-refractivity contribution in [3.8, 4) is 11.3 Å². The van der Waals surface area contributed by atoms with Crippen LogP contribution in [0.1, 0.15) is 18.2 Å². The maximum absolute atomic E-state index is 6.24. The Hall–Kier alpha value is -2.37. The van der Waals surface area contributed by atoms with Gasteiger partial charge in [0.15, 0.2) is 0 Å². The SMILES string of the molecule is NCCC(N)c1nc(-c2ccncc2)cc2cnccc12. The lowest BCUT2D eigenvalue weighted by atomic mass is 10.0. The first-order chi connectivity index (χ1) is 10.3. The van der Waals surface area contributed by atoms with Gasteiger partial charge in [-0.3, -0.25) is 15.0 Å². The average Bonchev–Trinajstić information content (AvgIpc) is 2.55. The standard InChI is InChI=1S/C16H17N5/c17-5-1-14(18)16-13-4-8-20-10-12(13)9-15(21-16)11-2-6-19-7-3-11/h2-4,6-10,14H,1,5,17-18H2. The zero-order valence-corrected chi connectivity index (χ0v) is 11.6. The Kier molecular flexibility index (Phi) is 3.85. The van der Waals surface area contributed by atoms with E-state index in [9.17, 15) is 0 Å².